The highest BCUT2D eigenvalue weighted by Gasteiger charge is 2.22. The highest BCUT2D eigenvalue weighted by molar-refractivity contribution is 4.80. The van der Waals surface area contributed by atoms with E-state index < -0.39 is 0 Å². The molecule has 2 nitrogen and oxygen atoms in total. The molecule has 0 aromatic heterocycles. The average molecular weight is 226 g/mol. The normalized spacial score (nSPS) is 27.9. The zero-order valence-corrected chi connectivity index (χ0v) is 11.5. The maximum absolute atomic E-state index is 3.66. The van der Waals surface area contributed by atoms with Crippen molar-refractivity contribution in [2.24, 2.45) is 5.92 Å². The fourth-order valence-electron chi connectivity index (χ4n) is 2.70. The highest BCUT2D eigenvalue weighted by Crippen LogP contribution is 2.16. The number of hydrogen-bond acceptors (Lipinski definition) is 2. The fourth-order valence-corrected chi connectivity index (χ4v) is 2.70. The van der Waals surface area contributed by atoms with Crippen molar-refractivity contribution in [2.75, 3.05) is 26.2 Å². The van der Waals surface area contributed by atoms with Crippen molar-refractivity contribution < 1.29 is 0 Å². The second kappa shape index (κ2) is 8.08. The summed E-state index contributed by atoms with van der Waals surface area (Å²) in [6.07, 6.45) is 6.79. The predicted octanol–water partition coefficient (Wildman–Crippen LogP) is 2.89. The summed E-state index contributed by atoms with van der Waals surface area (Å²) in [5, 5.41) is 3.66. The predicted molar refractivity (Wildman–Crippen MR) is 71.8 cm³/mol. The van der Waals surface area contributed by atoms with Gasteiger partial charge in [0.2, 0.25) is 0 Å². The Bertz CT molecular complexity index is 170. The Labute approximate surface area is 102 Å². The van der Waals surface area contributed by atoms with Gasteiger partial charge in [0, 0.05) is 25.7 Å². The van der Waals surface area contributed by atoms with E-state index in [4.69, 9.17) is 0 Å². The Kier molecular flexibility index (Phi) is 7.06. The van der Waals surface area contributed by atoms with Crippen LogP contribution in [0.5, 0.6) is 0 Å². The zero-order valence-electron chi connectivity index (χ0n) is 11.5. The molecule has 1 heterocycles. The van der Waals surface area contributed by atoms with Crippen LogP contribution in [0.25, 0.3) is 0 Å². The van der Waals surface area contributed by atoms with Crippen molar-refractivity contribution in [2.45, 2.75) is 58.9 Å². The van der Waals surface area contributed by atoms with Crippen LogP contribution in [0.15, 0.2) is 0 Å². The number of rotatable bonds is 6. The summed E-state index contributed by atoms with van der Waals surface area (Å²) in [4.78, 5) is 2.67. The molecule has 0 bridgehead atoms. The minimum Gasteiger partial charge on any atom is -0.313 e. The number of nitrogens with one attached hydrogen (secondary N) is 1. The Morgan fingerprint density at radius 1 is 1.19 bits per heavy atom. The van der Waals surface area contributed by atoms with E-state index in [1.807, 2.05) is 0 Å². The maximum Gasteiger partial charge on any atom is 0.0107 e. The quantitative estimate of drug-likeness (QED) is 0.701. The molecule has 1 fully saturated rings. The third kappa shape index (κ3) is 4.84. The third-order valence-electron chi connectivity index (χ3n) is 3.83. The van der Waals surface area contributed by atoms with Gasteiger partial charge in [0.05, 0.1) is 0 Å². The van der Waals surface area contributed by atoms with Crippen molar-refractivity contribution in [3.8, 4) is 0 Å². The summed E-state index contributed by atoms with van der Waals surface area (Å²) in [5.41, 5.74) is 0. The molecule has 0 saturated carbocycles. The first-order chi connectivity index (χ1) is 7.77. The largest absolute Gasteiger partial charge is 0.313 e. The molecule has 16 heavy (non-hydrogen) atoms. The number of unbranched alkanes of at least 4 members (excludes halogenated alkanes) is 2. The molecule has 2 heteroatoms. The van der Waals surface area contributed by atoms with E-state index in [2.05, 4.69) is 31.0 Å². The minimum absolute atomic E-state index is 0.705. The first kappa shape index (κ1) is 14.0. The topological polar surface area (TPSA) is 15.3 Å². The first-order valence-corrected chi connectivity index (χ1v) is 7.23. The molecule has 0 radical (unpaired) electrons. The van der Waals surface area contributed by atoms with Crippen molar-refractivity contribution in [3.05, 3.63) is 0 Å². The molecular weight excluding hydrogens is 196 g/mol. The Morgan fingerprint density at radius 2 is 2.00 bits per heavy atom. The lowest BCUT2D eigenvalue weighted by atomic mass is 9.96. The van der Waals surface area contributed by atoms with Crippen LogP contribution in [0.2, 0.25) is 0 Å². The molecule has 2 atom stereocenters. The monoisotopic (exact) mass is 226 g/mol. The molecule has 1 rings (SSSR count). The minimum atomic E-state index is 0.705. The van der Waals surface area contributed by atoms with Gasteiger partial charge in [-0.2, -0.15) is 0 Å². The van der Waals surface area contributed by atoms with E-state index in [0.717, 1.165) is 5.92 Å². The van der Waals surface area contributed by atoms with Crippen LogP contribution in [0.1, 0.15) is 52.9 Å². The van der Waals surface area contributed by atoms with E-state index in [-0.39, 0.29) is 0 Å². The Balaban J connectivity index is 2.34. The van der Waals surface area contributed by atoms with Crippen LogP contribution in [-0.2, 0) is 0 Å². The molecule has 1 N–H and O–H groups in total. The van der Waals surface area contributed by atoms with Gasteiger partial charge >= 0.3 is 0 Å². The summed E-state index contributed by atoms with van der Waals surface area (Å²) in [7, 11) is 0. The molecule has 0 aromatic rings. The van der Waals surface area contributed by atoms with E-state index in [1.165, 1.54) is 58.3 Å². The van der Waals surface area contributed by atoms with Crippen LogP contribution >= 0.6 is 0 Å². The zero-order chi connectivity index (χ0) is 11.8. The Morgan fingerprint density at radius 3 is 2.69 bits per heavy atom. The summed E-state index contributed by atoms with van der Waals surface area (Å²) >= 11 is 0. The fraction of sp³-hybridized carbons (Fsp3) is 1.00. The van der Waals surface area contributed by atoms with Gasteiger partial charge in [-0.05, 0) is 32.2 Å². The average Bonchev–Trinajstić information content (AvgIpc) is 2.43. The lowest BCUT2D eigenvalue weighted by Crippen LogP contribution is -2.34. The van der Waals surface area contributed by atoms with Gasteiger partial charge in [-0.3, -0.25) is 0 Å². The van der Waals surface area contributed by atoms with Gasteiger partial charge < -0.3 is 10.2 Å². The van der Waals surface area contributed by atoms with E-state index in [0.29, 0.717) is 6.04 Å². The number of hydrogen-bond donors (Lipinski definition) is 1. The van der Waals surface area contributed by atoms with Gasteiger partial charge in [0.25, 0.3) is 0 Å². The van der Waals surface area contributed by atoms with Gasteiger partial charge in [-0.15, -0.1) is 0 Å². The molecule has 96 valence electrons. The van der Waals surface area contributed by atoms with Gasteiger partial charge in [0.1, 0.15) is 0 Å². The molecule has 0 aromatic carbocycles. The first-order valence-electron chi connectivity index (χ1n) is 7.23. The summed E-state index contributed by atoms with van der Waals surface area (Å²) < 4.78 is 0. The number of nitrogens with zero attached hydrogens (tertiary/aromatic N) is 1. The molecule has 0 aliphatic carbocycles. The second-order valence-electron chi connectivity index (χ2n) is 5.30. The van der Waals surface area contributed by atoms with E-state index in [1.54, 1.807) is 0 Å². The van der Waals surface area contributed by atoms with Crippen LogP contribution < -0.4 is 5.32 Å². The van der Waals surface area contributed by atoms with E-state index >= 15 is 0 Å². The van der Waals surface area contributed by atoms with Crippen LogP contribution in [0, 0.1) is 5.92 Å². The van der Waals surface area contributed by atoms with Crippen molar-refractivity contribution >= 4 is 0 Å². The maximum atomic E-state index is 3.66. The molecule has 0 spiro atoms. The SMILES string of the molecule is CCCCCN1CCNC(C)C(CCC)C1. The Hall–Kier alpha value is -0.0800. The standard InChI is InChI=1S/C14H30N2/c1-4-6-7-10-16-11-9-15-13(3)14(12-16)8-5-2/h13-15H,4-12H2,1-3H3. The molecular formula is C14H30N2. The molecule has 1 aliphatic heterocycles. The van der Waals surface area contributed by atoms with Crippen molar-refractivity contribution in [1.29, 1.82) is 0 Å². The summed E-state index contributed by atoms with van der Waals surface area (Å²) in [6.45, 7) is 12.0. The lowest BCUT2D eigenvalue weighted by molar-refractivity contribution is 0.233. The van der Waals surface area contributed by atoms with Crippen molar-refractivity contribution in [1.82, 2.24) is 10.2 Å². The van der Waals surface area contributed by atoms with Crippen LogP contribution in [-0.4, -0.2) is 37.1 Å². The van der Waals surface area contributed by atoms with E-state index in [9.17, 15) is 0 Å². The summed E-state index contributed by atoms with van der Waals surface area (Å²) in [6, 6.07) is 0.705. The summed E-state index contributed by atoms with van der Waals surface area (Å²) in [5.74, 6) is 0.856. The van der Waals surface area contributed by atoms with Crippen molar-refractivity contribution in [3.63, 3.8) is 0 Å². The molecule has 0 amide bonds. The van der Waals surface area contributed by atoms with Gasteiger partial charge in [-0.25, -0.2) is 0 Å². The van der Waals surface area contributed by atoms with Crippen LogP contribution in [0.4, 0.5) is 0 Å². The second-order valence-corrected chi connectivity index (χ2v) is 5.30. The highest BCUT2D eigenvalue weighted by atomic mass is 15.2. The van der Waals surface area contributed by atoms with Gasteiger partial charge in [-0.1, -0.05) is 33.1 Å². The smallest absolute Gasteiger partial charge is 0.0107 e. The molecule has 1 aliphatic rings. The van der Waals surface area contributed by atoms with Crippen LogP contribution in [0.3, 0.4) is 0 Å². The lowest BCUT2D eigenvalue weighted by Gasteiger charge is -2.26. The molecule has 1 saturated heterocycles. The third-order valence-corrected chi connectivity index (χ3v) is 3.83. The molecule has 2 unspecified atom stereocenters. The van der Waals surface area contributed by atoms with Gasteiger partial charge in [0.15, 0.2) is 0 Å².